The second-order valence-electron chi connectivity index (χ2n) is 5.52. The summed E-state index contributed by atoms with van der Waals surface area (Å²) in [6.07, 6.45) is -3.85. The van der Waals surface area contributed by atoms with Gasteiger partial charge in [-0.3, -0.25) is 0 Å². The molecule has 1 atom stereocenters. The van der Waals surface area contributed by atoms with Gasteiger partial charge in [-0.15, -0.1) is 0 Å². The lowest BCUT2D eigenvalue weighted by Crippen LogP contribution is -2.13. The summed E-state index contributed by atoms with van der Waals surface area (Å²) in [6, 6.07) is 9.26. The minimum atomic E-state index is -4.41. The highest BCUT2D eigenvalue weighted by Crippen LogP contribution is 2.36. The maximum Gasteiger partial charge on any atom is 0.416 e. The number of nitrogens with one attached hydrogen (secondary N) is 1. The summed E-state index contributed by atoms with van der Waals surface area (Å²) in [5.74, 6) is -0.523. The molecule has 1 heterocycles. The summed E-state index contributed by atoms with van der Waals surface area (Å²) < 4.78 is 42.6. The average Bonchev–Trinajstić information content (AvgIpc) is 2.59. The first-order chi connectivity index (χ1) is 11.8. The first-order valence-electron chi connectivity index (χ1n) is 7.36. The van der Waals surface area contributed by atoms with E-state index in [0.29, 0.717) is 28.1 Å². The highest BCUT2D eigenvalue weighted by Gasteiger charge is 2.30. The van der Waals surface area contributed by atoms with Gasteiger partial charge >= 0.3 is 12.1 Å². The number of carbonyl (C=O) groups excluding carboxylic acids is 1. The number of alkyl halides is 3. The summed E-state index contributed by atoms with van der Waals surface area (Å²) in [7, 11) is 1.26. The second-order valence-corrected chi connectivity index (χ2v) is 5.52. The number of methoxy groups -OCH3 is 1. The Balaban J connectivity index is 1.92. The molecule has 1 aliphatic heterocycles. The first-order valence-corrected chi connectivity index (χ1v) is 7.36. The van der Waals surface area contributed by atoms with Gasteiger partial charge in [-0.25, -0.2) is 4.79 Å². The smallest absolute Gasteiger partial charge is 0.416 e. The molecule has 2 aromatic rings. The molecule has 1 aliphatic rings. The van der Waals surface area contributed by atoms with Crippen LogP contribution in [0, 0.1) is 0 Å². The van der Waals surface area contributed by atoms with Crippen molar-refractivity contribution in [3.8, 4) is 0 Å². The van der Waals surface area contributed by atoms with Crippen LogP contribution in [0.5, 0.6) is 0 Å². The number of carbonyl (C=O) groups is 1. The van der Waals surface area contributed by atoms with Crippen LogP contribution in [0.3, 0.4) is 0 Å². The third kappa shape index (κ3) is 3.36. The molecule has 1 unspecified atom stereocenters. The molecule has 0 saturated carbocycles. The van der Waals surface area contributed by atoms with Crippen LogP contribution in [-0.2, 0) is 10.9 Å². The lowest BCUT2D eigenvalue weighted by atomic mass is 9.97. The topological polar surface area (TPSA) is 58.6 Å². The summed E-state index contributed by atoms with van der Waals surface area (Å²) >= 11 is 0. The Hall–Kier alpha value is -2.80. The number of benzene rings is 2. The fourth-order valence-electron chi connectivity index (χ4n) is 2.61. The van der Waals surface area contributed by atoms with Crippen LogP contribution >= 0.6 is 0 Å². The van der Waals surface area contributed by atoms with Gasteiger partial charge in [-0.1, -0.05) is 18.2 Å². The van der Waals surface area contributed by atoms with Gasteiger partial charge in [0.2, 0.25) is 0 Å². The third-order valence-electron chi connectivity index (χ3n) is 3.91. The SMILES string of the molecule is COC(=O)c1ccc2c(c1)NC(c1ccc(C(F)(F)F)cc1)=CC2O. The van der Waals surface area contributed by atoms with Crippen molar-refractivity contribution in [2.75, 3.05) is 12.4 Å². The third-order valence-corrected chi connectivity index (χ3v) is 3.91. The van der Waals surface area contributed by atoms with E-state index in [2.05, 4.69) is 10.1 Å². The number of aliphatic hydroxyl groups excluding tert-OH is 1. The van der Waals surface area contributed by atoms with Crippen LogP contribution in [0.2, 0.25) is 0 Å². The van der Waals surface area contributed by atoms with Crippen molar-refractivity contribution in [2.24, 2.45) is 0 Å². The van der Waals surface area contributed by atoms with Gasteiger partial charge in [0, 0.05) is 16.9 Å². The summed E-state index contributed by atoms with van der Waals surface area (Å²) in [4.78, 5) is 11.6. The molecule has 0 fully saturated rings. The Morgan fingerprint density at radius 1 is 1.16 bits per heavy atom. The molecule has 2 aromatic carbocycles. The van der Waals surface area contributed by atoms with E-state index in [9.17, 15) is 23.1 Å². The zero-order chi connectivity index (χ0) is 18.2. The number of esters is 1. The van der Waals surface area contributed by atoms with Gasteiger partial charge in [0.05, 0.1) is 18.2 Å². The number of rotatable bonds is 2. The van der Waals surface area contributed by atoms with Gasteiger partial charge in [0.25, 0.3) is 0 Å². The van der Waals surface area contributed by atoms with Crippen LogP contribution < -0.4 is 5.32 Å². The highest BCUT2D eigenvalue weighted by molar-refractivity contribution is 5.92. The van der Waals surface area contributed by atoms with Crippen molar-refractivity contribution in [3.05, 3.63) is 70.8 Å². The molecule has 0 bridgehead atoms. The first kappa shape index (κ1) is 17.0. The van der Waals surface area contributed by atoms with E-state index in [4.69, 9.17) is 0 Å². The number of anilines is 1. The Morgan fingerprint density at radius 2 is 1.84 bits per heavy atom. The molecule has 2 N–H and O–H groups in total. The van der Waals surface area contributed by atoms with E-state index in [-0.39, 0.29) is 0 Å². The summed E-state index contributed by atoms with van der Waals surface area (Å²) in [6.45, 7) is 0. The normalized spacial score (nSPS) is 16.5. The molecule has 0 saturated heterocycles. The molecule has 3 rings (SSSR count). The van der Waals surface area contributed by atoms with Crippen LogP contribution in [0.15, 0.2) is 48.5 Å². The molecule has 0 spiro atoms. The fourth-order valence-corrected chi connectivity index (χ4v) is 2.61. The van der Waals surface area contributed by atoms with Gasteiger partial charge in [-0.2, -0.15) is 13.2 Å². The minimum absolute atomic E-state index is 0.301. The van der Waals surface area contributed by atoms with Crippen LogP contribution in [-0.4, -0.2) is 18.2 Å². The lowest BCUT2D eigenvalue weighted by Gasteiger charge is -2.24. The van der Waals surface area contributed by atoms with E-state index in [1.165, 1.54) is 37.5 Å². The summed E-state index contributed by atoms with van der Waals surface area (Å²) in [5.41, 5.74) is 1.55. The van der Waals surface area contributed by atoms with Crippen molar-refractivity contribution in [2.45, 2.75) is 12.3 Å². The molecule has 25 heavy (non-hydrogen) atoms. The quantitative estimate of drug-likeness (QED) is 0.805. The lowest BCUT2D eigenvalue weighted by molar-refractivity contribution is -0.137. The van der Waals surface area contributed by atoms with E-state index < -0.39 is 23.8 Å². The monoisotopic (exact) mass is 349 g/mol. The Morgan fingerprint density at radius 3 is 2.44 bits per heavy atom. The number of aliphatic hydroxyl groups is 1. The molecule has 130 valence electrons. The molecular formula is C18H14F3NO3. The predicted molar refractivity (Wildman–Crippen MR) is 85.8 cm³/mol. The zero-order valence-corrected chi connectivity index (χ0v) is 13.1. The second kappa shape index (κ2) is 6.25. The van der Waals surface area contributed by atoms with Crippen molar-refractivity contribution >= 4 is 17.4 Å². The molecule has 0 amide bonds. The van der Waals surface area contributed by atoms with Crippen molar-refractivity contribution < 1.29 is 27.8 Å². The van der Waals surface area contributed by atoms with Crippen LogP contribution in [0.4, 0.5) is 18.9 Å². The van der Waals surface area contributed by atoms with Gasteiger partial charge in [0.15, 0.2) is 0 Å². The van der Waals surface area contributed by atoms with Crippen LogP contribution in [0.1, 0.15) is 33.2 Å². The molecule has 4 nitrogen and oxygen atoms in total. The Kier molecular flexibility index (Phi) is 4.26. The van der Waals surface area contributed by atoms with E-state index in [0.717, 1.165) is 12.1 Å². The van der Waals surface area contributed by atoms with Crippen molar-refractivity contribution in [1.29, 1.82) is 0 Å². The number of halogens is 3. The average molecular weight is 349 g/mol. The summed E-state index contributed by atoms with van der Waals surface area (Å²) in [5, 5.41) is 13.3. The Bertz CT molecular complexity index is 842. The zero-order valence-electron chi connectivity index (χ0n) is 13.1. The number of hydrogen-bond acceptors (Lipinski definition) is 4. The van der Waals surface area contributed by atoms with Gasteiger partial charge in [-0.05, 0) is 35.9 Å². The van der Waals surface area contributed by atoms with Crippen molar-refractivity contribution in [3.63, 3.8) is 0 Å². The number of fused-ring (bicyclic) bond motifs is 1. The van der Waals surface area contributed by atoms with Crippen molar-refractivity contribution in [1.82, 2.24) is 0 Å². The maximum absolute atomic E-state index is 12.7. The molecular weight excluding hydrogens is 335 g/mol. The molecule has 7 heteroatoms. The fraction of sp³-hybridized carbons (Fsp3) is 0.167. The maximum atomic E-state index is 12.7. The van der Waals surface area contributed by atoms with Gasteiger partial charge < -0.3 is 15.2 Å². The minimum Gasteiger partial charge on any atom is -0.465 e. The van der Waals surface area contributed by atoms with E-state index >= 15 is 0 Å². The molecule has 0 aromatic heterocycles. The molecule has 0 radical (unpaired) electrons. The number of ether oxygens (including phenoxy) is 1. The van der Waals surface area contributed by atoms with Gasteiger partial charge in [0.1, 0.15) is 6.10 Å². The number of hydrogen-bond donors (Lipinski definition) is 2. The highest BCUT2D eigenvalue weighted by atomic mass is 19.4. The largest absolute Gasteiger partial charge is 0.465 e. The predicted octanol–water partition coefficient (Wildman–Crippen LogP) is 3.99. The molecule has 0 aliphatic carbocycles. The van der Waals surface area contributed by atoms with E-state index in [1.54, 1.807) is 6.07 Å². The van der Waals surface area contributed by atoms with E-state index in [1.807, 2.05) is 0 Å². The van der Waals surface area contributed by atoms with Crippen LogP contribution in [0.25, 0.3) is 5.70 Å². The standard InChI is InChI=1S/C18H14F3NO3/c1-25-17(24)11-4-7-13-15(8-11)22-14(9-16(13)23)10-2-5-12(6-3-10)18(19,20)21/h2-9,16,22-23H,1H3. The Labute approximate surface area is 141 Å².